The first kappa shape index (κ1) is 16.7. The molecule has 2 heterocycles. The van der Waals surface area contributed by atoms with E-state index in [2.05, 4.69) is 15.4 Å². The minimum absolute atomic E-state index is 0.00536. The Kier molecular flexibility index (Phi) is 5.30. The quantitative estimate of drug-likeness (QED) is 0.839. The molecule has 7 heteroatoms. The Hall–Kier alpha value is -2.15. The molecule has 0 aliphatic heterocycles. The predicted molar refractivity (Wildman–Crippen MR) is 89.3 cm³/mol. The number of aromatic nitrogens is 4. The van der Waals surface area contributed by atoms with Gasteiger partial charge in [-0.25, -0.2) is 4.98 Å². The maximum Gasteiger partial charge on any atom is 0.220 e. The number of aliphatic hydroxyl groups excluding tert-OH is 1. The summed E-state index contributed by atoms with van der Waals surface area (Å²) >= 11 is 0. The van der Waals surface area contributed by atoms with Gasteiger partial charge < -0.3 is 15.0 Å². The molecular formula is C17H25N5O2. The molecule has 24 heavy (non-hydrogen) atoms. The number of carbonyl (C=O) groups is 1. The van der Waals surface area contributed by atoms with E-state index < -0.39 is 6.10 Å². The van der Waals surface area contributed by atoms with Gasteiger partial charge in [-0.15, -0.1) is 0 Å². The lowest BCUT2D eigenvalue weighted by molar-refractivity contribution is -0.123. The second kappa shape index (κ2) is 7.61. The second-order valence-electron chi connectivity index (χ2n) is 6.42. The topological polar surface area (TPSA) is 85.0 Å². The minimum Gasteiger partial charge on any atom is -0.389 e. The average molecular weight is 331 g/mol. The van der Waals surface area contributed by atoms with Crippen molar-refractivity contribution in [3.8, 4) is 0 Å². The van der Waals surface area contributed by atoms with E-state index in [0.717, 1.165) is 38.1 Å². The van der Waals surface area contributed by atoms with Gasteiger partial charge in [-0.1, -0.05) is 0 Å². The van der Waals surface area contributed by atoms with Crippen LogP contribution in [0.1, 0.15) is 44.0 Å². The molecule has 2 N–H and O–H groups in total. The molecule has 2 aromatic heterocycles. The standard InChI is InChI=1S/C17H25N5O2/c1-13-18-9-12-22(13)15-6-2-5-14(17(15)24)20-16(23)7-3-10-21-11-4-8-19-21/h4,8-9,11-12,14-15,17,24H,2-3,5-7,10H2,1H3,(H,20,23)/t14-,15-,17-/m1/s1. The summed E-state index contributed by atoms with van der Waals surface area (Å²) in [5.74, 6) is 0.888. The van der Waals surface area contributed by atoms with Crippen LogP contribution in [0.2, 0.25) is 0 Å². The van der Waals surface area contributed by atoms with E-state index in [-0.39, 0.29) is 18.0 Å². The number of imidazole rings is 1. The normalized spacial score (nSPS) is 24.0. The first-order valence-electron chi connectivity index (χ1n) is 8.59. The summed E-state index contributed by atoms with van der Waals surface area (Å²) in [5.41, 5.74) is 0. The van der Waals surface area contributed by atoms with Crippen LogP contribution in [0.25, 0.3) is 0 Å². The van der Waals surface area contributed by atoms with Gasteiger partial charge in [-0.2, -0.15) is 5.10 Å². The third-order valence-electron chi connectivity index (χ3n) is 4.74. The Bertz CT molecular complexity index is 652. The molecule has 0 spiro atoms. The number of nitrogens with one attached hydrogen (secondary N) is 1. The molecule has 130 valence electrons. The zero-order valence-corrected chi connectivity index (χ0v) is 14.0. The van der Waals surface area contributed by atoms with E-state index in [4.69, 9.17) is 0 Å². The number of aryl methyl sites for hydroxylation is 2. The van der Waals surface area contributed by atoms with E-state index in [9.17, 15) is 9.90 Å². The van der Waals surface area contributed by atoms with E-state index in [1.54, 1.807) is 12.4 Å². The van der Waals surface area contributed by atoms with Crippen molar-refractivity contribution < 1.29 is 9.90 Å². The van der Waals surface area contributed by atoms with Crippen LogP contribution in [0.3, 0.4) is 0 Å². The molecule has 0 bridgehead atoms. The fourth-order valence-electron chi connectivity index (χ4n) is 3.47. The molecule has 0 radical (unpaired) electrons. The Balaban J connectivity index is 1.50. The summed E-state index contributed by atoms with van der Waals surface area (Å²) in [5, 5.41) is 17.8. The van der Waals surface area contributed by atoms with Crippen molar-refractivity contribution in [2.45, 2.75) is 63.8 Å². The molecule has 0 aromatic carbocycles. The van der Waals surface area contributed by atoms with E-state index in [1.807, 2.05) is 34.6 Å². The van der Waals surface area contributed by atoms with Gasteiger partial charge in [0.15, 0.2) is 0 Å². The van der Waals surface area contributed by atoms with Gasteiger partial charge in [0.1, 0.15) is 5.82 Å². The van der Waals surface area contributed by atoms with Crippen molar-refractivity contribution >= 4 is 5.91 Å². The summed E-state index contributed by atoms with van der Waals surface area (Å²) < 4.78 is 3.83. The SMILES string of the molecule is Cc1nccn1[C@@H]1CCC[C@@H](NC(=O)CCCn2cccn2)[C@H]1O. The van der Waals surface area contributed by atoms with Crippen molar-refractivity contribution in [1.82, 2.24) is 24.6 Å². The van der Waals surface area contributed by atoms with E-state index in [1.165, 1.54) is 0 Å². The summed E-state index contributed by atoms with van der Waals surface area (Å²) in [7, 11) is 0. The van der Waals surface area contributed by atoms with Crippen molar-refractivity contribution in [3.63, 3.8) is 0 Å². The zero-order chi connectivity index (χ0) is 16.9. The van der Waals surface area contributed by atoms with Crippen LogP contribution in [0.4, 0.5) is 0 Å². The van der Waals surface area contributed by atoms with Gasteiger partial charge in [-0.05, 0) is 38.7 Å². The molecule has 1 aliphatic carbocycles. The number of hydrogen-bond donors (Lipinski definition) is 2. The lowest BCUT2D eigenvalue weighted by Gasteiger charge is -2.36. The van der Waals surface area contributed by atoms with Crippen LogP contribution in [-0.4, -0.2) is 42.5 Å². The lowest BCUT2D eigenvalue weighted by Crippen LogP contribution is -2.49. The number of carbonyl (C=O) groups excluding carboxylic acids is 1. The van der Waals surface area contributed by atoms with E-state index >= 15 is 0 Å². The number of nitrogens with zero attached hydrogens (tertiary/aromatic N) is 4. The molecule has 1 amide bonds. The molecule has 3 rings (SSSR count). The van der Waals surface area contributed by atoms with Crippen molar-refractivity contribution in [1.29, 1.82) is 0 Å². The number of aliphatic hydroxyl groups is 1. The van der Waals surface area contributed by atoms with Crippen LogP contribution in [0, 0.1) is 6.92 Å². The van der Waals surface area contributed by atoms with Gasteiger partial charge in [0.25, 0.3) is 0 Å². The third kappa shape index (κ3) is 3.84. The molecule has 3 atom stereocenters. The molecule has 0 saturated heterocycles. The predicted octanol–water partition coefficient (Wildman–Crippen LogP) is 1.44. The molecule has 1 aliphatic rings. The van der Waals surface area contributed by atoms with Crippen molar-refractivity contribution in [2.75, 3.05) is 0 Å². The van der Waals surface area contributed by atoms with Gasteiger partial charge in [0, 0.05) is 37.8 Å². The Morgan fingerprint density at radius 3 is 2.96 bits per heavy atom. The van der Waals surface area contributed by atoms with Gasteiger partial charge in [0.05, 0.1) is 18.2 Å². The molecule has 1 saturated carbocycles. The summed E-state index contributed by atoms with van der Waals surface area (Å²) in [6, 6.07) is 1.66. The van der Waals surface area contributed by atoms with Crippen LogP contribution in [-0.2, 0) is 11.3 Å². The van der Waals surface area contributed by atoms with Crippen molar-refractivity contribution in [2.24, 2.45) is 0 Å². The van der Waals surface area contributed by atoms with Crippen LogP contribution < -0.4 is 5.32 Å². The first-order valence-corrected chi connectivity index (χ1v) is 8.59. The lowest BCUT2D eigenvalue weighted by atomic mass is 9.87. The highest BCUT2D eigenvalue weighted by atomic mass is 16.3. The fraction of sp³-hybridized carbons (Fsp3) is 0.588. The second-order valence-corrected chi connectivity index (χ2v) is 6.42. The van der Waals surface area contributed by atoms with Crippen LogP contribution in [0.15, 0.2) is 30.9 Å². The minimum atomic E-state index is -0.582. The summed E-state index contributed by atoms with van der Waals surface area (Å²) in [6.07, 6.45) is 10.6. The van der Waals surface area contributed by atoms with Crippen molar-refractivity contribution in [3.05, 3.63) is 36.7 Å². The third-order valence-corrected chi connectivity index (χ3v) is 4.74. The number of amides is 1. The Morgan fingerprint density at radius 1 is 1.38 bits per heavy atom. The zero-order valence-electron chi connectivity index (χ0n) is 14.0. The maximum atomic E-state index is 12.2. The number of hydrogen-bond acceptors (Lipinski definition) is 4. The van der Waals surface area contributed by atoms with E-state index in [0.29, 0.717) is 6.42 Å². The summed E-state index contributed by atoms with van der Waals surface area (Å²) in [6.45, 7) is 2.66. The van der Waals surface area contributed by atoms with Gasteiger partial charge >= 0.3 is 0 Å². The number of rotatable bonds is 6. The summed E-state index contributed by atoms with van der Waals surface area (Å²) in [4.78, 5) is 16.4. The molecule has 2 aromatic rings. The highest BCUT2D eigenvalue weighted by molar-refractivity contribution is 5.76. The molecular weight excluding hydrogens is 306 g/mol. The average Bonchev–Trinajstić information content (AvgIpc) is 3.21. The first-order chi connectivity index (χ1) is 11.6. The Labute approximate surface area is 141 Å². The van der Waals surface area contributed by atoms with Crippen LogP contribution in [0.5, 0.6) is 0 Å². The molecule has 0 unspecified atom stereocenters. The highest BCUT2D eigenvalue weighted by Crippen LogP contribution is 2.29. The molecule has 1 fully saturated rings. The Morgan fingerprint density at radius 2 is 2.25 bits per heavy atom. The van der Waals surface area contributed by atoms with Gasteiger partial charge in [-0.3, -0.25) is 9.48 Å². The smallest absolute Gasteiger partial charge is 0.220 e. The largest absolute Gasteiger partial charge is 0.389 e. The van der Waals surface area contributed by atoms with Crippen LogP contribution >= 0.6 is 0 Å². The fourth-order valence-corrected chi connectivity index (χ4v) is 3.47. The van der Waals surface area contributed by atoms with Gasteiger partial charge in [0.2, 0.25) is 5.91 Å². The highest BCUT2D eigenvalue weighted by Gasteiger charge is 2.34. The monoisotopic (exact) mass is 331 g/mol. The molecule has 7 nitrogen and oxygen atoms in total. The maximum absolute atomic E-state index is 12.2.